The number of fused-ring (bicyclic) bond motifs is 2. The highest BCUT2D eigenvalue weighted by Crippen LogP contribution is 2.39. The molecule has 6 rings (SSSR count). The molecule has 1 N–H and O–H groups in total. The van der Waals surface area contributed by atoms with Gasteiger partial charge in [-0.1, -0.05) is 28.9 Å². The third-order valence-corrected chi connectivity index (χ3v) is 8.33. The maximum Gasteiger partial charge on any atom is 0.253 e. The zero-order valence-corrected chi connectivity index (χ0v) is 19.7. The molecule has 3 heterocycles. The van der Waals surface area contributed by atoms with E-state index in [-0.39, 0.29) is 11.8 Å². The Morgan fingerprint density at radius 2 is 1.56 bits per heavy atom. The van der Waals surface area contributed by atoms with Crippen LogP contribution in [0.25, 0.3) is 11.0 Å². The van der Waals surface area contributed by atoms with Gasteiger partial charge < -0.3 is 9.80 Å². The lowest BCUT2D eigenvalue weighted by atomic mass is 9.78. The van der Waals surface area contributed by atoms with E-state index < -0.39 is 0 Å². The van der Waals surface area contributed by atoms with Gasteiger partial charge in [0.05, 0.1) is 5.52 Å². The number of nitrogens with one attached hydrogen (secondary N) is 1. The van der Waals surface area contributed by atoms with Crippen LogP contribution >= 0.6 is 11.6 Å². The zero-order chi connectivity index (χ0) is 23.2. The Labute approximate surface area is 203 Å². The van der Waals surface area contributed by atoms with Crippen LogP contribution in [0.5, 0.6) is 0 Å². The summed E-state index contributed by atoms with van der Waals surface area (Å²) in [5.41, 5.74) is 3.50. The van der Waals surface area contributed by atoms with Crippen LogP contribution in [0.15, 0.2) is 42.5 Å². The monoisotopic (exact) mass is 477 g/mol. The number of amides is 2. The molecule has 8 heteroatoms. The molecule has 1 aliphatic carbocycles. The Morgan fingerprint density at radius 1 is 0.882 bits per heavy atom. The van der Waals surface area contributed by atoms with Crippen molar-refractivity contribution in [3.8, 4) is 0 Å². The number of aromatic amines is 1. The molecule has 2 aromatic carbocycles. The quantitative estimate of drug-likeness (QED) is 0.615. The third-order valence-electron chi connectivity index (χ3n) is 8.08. The van der Waals surface area contributed by atoms with E-state index in [4.69, 9.17) is 11.6 Å². The molecule has 3 aliphatic rings. The highest BCUT2D eigenvalue weighted by molar-refractivity contribution is 6.30. The Morgan fingerprint density at radius 3 is 2.26 bits per heavy atom. The molecule has 1 aromatic heterocycles. The predicted molar refractivity (Wildman–Crippen MR) is 130 cm³/mol. The molecule has 0 radical (unpaired) electrons. The Bertz CT molecular complexity index is 1200. The summed E-state index contributed by atoms with van der Waals surface area (Å²) in [6, 6.07) is 13.6. The molecule has 2 atom stereocenters. The SMILES string of the molecule is O=C(c1ccc2[nH]nnc2c1)N1C[C@H]2CN(C(=O)[C@H]3CC[C@H](c4ccc(Cl)cc4)CC3)C[C@@H]2C1. The summed E-state index contributed by atoms with van der Waals surface area (Å²) in [6.45, 7) is 2.97. The number of H-pyrrole nitrogens is 1. The lowest BCUT2D eigenvalue weighted by molar-refractivity contribution is -0.135. The van der Waals surface area contributed by atoms with Crippen LogP contribution in [-0.4, -0.2) is 63.2 Å². The van der Waals surface area contributed by atoms with E-state index in [0.717, 1.165) is 49.3 Å². The number of likely N-dealkylation sites (tertiary alicyclic amines) is 2. The summed E-state index contributed by atoms with van der Waals surface area (Å²) < 4.78 is 0. The molecule has 0 bridgehead atoms. The van der Waals surface area contributed by atoms with Gasteiger partial charge in [-0.15, -0.1) is 5.10 Å². The smallest absolute Gasteiger partial charge is 0.253 e. The largest absolute Gasteiger partial charge is 0.342 e. The van der Waals surface area contributed by atoms with Crippen molar-refractivity contribution in [2.45, 2.75) is 31.6 Å². The van der Waals surface area contributed by atoms with Crippen molar-refractivity contribution in [1.82, 2.24) is 25.2 Å². The number of nitrogens with zero attached hydrogens (tertiary/aromatic N) is 4. The van der Waals surface area contributed by atoms with Gasteiger partial charge in [0.1, 0.15) is 5.52 Å². The van der Waals surface area contributed by atoms with Crippen molar-refractivity contribution in [2.75, 3.05) is 26.2 Å². The summed E-state index contributed by atoms with van der Waals surface area (Å²) in [4.78, 5) is 30.3. The van der Waals surface area contributed by atoms with E-state index >= 15 is 0 Å². The second-order valence-electron chi connectivity index (χ2n) is 10.1. The van der Waals surface area contributed by atoms with Crippen molar-refractivity contribution in [3.63, 3.8) is 0 Å². The van der Waals surface area contributed by atoms with Crippen LogP contribution in [-0.2, 0) is 4.79 Å². The number of rotatable bonds is 3. The van der Waals surface area contributed by atoms with E-state index in [0.29, 0.717) is 47.8 Å². The van der Waals surface area contributed by atoms with Gasteiger partial charge in [-0.25, -0.2) is 0 Å². The standard InChI is InChI=1S/C26H28ClN5O2/c27-22-8-5-17(6-9-22)16-1-3-18(4-2-16)25(33)31-12-20-14-32(15-21(20)13-31)26(34)19-7-10-23-24(11-19)29-30-28-23/h5-11,16,18,20-21H,1-4,12-15H2,(H,28,29,30)/t16-,18-,20-,21-/m1/s1. The number of aromatic nitrogens is 3. The molecular formula is C26H28ClN5O2. The van der Waals surface area contributed by atoms with Crippen LogP contribution < -0.4 is 0 Å². The number of hydrogen-bond donors (Lipinski definition) is 1. The summed E-state index contributed by atoms with van der Waals surface area (Å²) >= 11 is 6.02. The van der Waals surface area contributed by atoms with Gasteiger partial charge in [0, 0.05) is 54.5 Å². The van der Waals surface area contributed by atoms with Gasteiger partial charge >= 0.3 is 0 Å². The summed E-state index contributed by atoms with van der Waals surface area (Å²) in [5, 5.41) is 11.4. The van der Waals surface area contributed by atoms with Crippen molar-refractivity contribution in [2.24, 2.45) is 17.8 Å². The minimum atomic E-state index is 0.0395. The van der Waals surface area contributed by atoms with Crippen molar-refractivity contribution in [3.05, 3.63) is 58.6 Å². The van der Waals surface area contributed by atoms with E-state index in [9.17, 15) is 9.59 Å². The minimum absolute atomic E-state index is 0.0395. The average molecular weight is 478 g/mol. The lowest BCUT2D eigenvalue weighted by Gasteiger charge is -2.31. The lowest BCUT2D eigenvalue weighted by Crippen LogP contribution is -2.39. The predicted octanol–water partition coefficient (Wildman–Crippen LogP) is 4.12. The Hall–Kier alpha value is -2.93. The molecule has 1 saturated carbocycles. The van der Waals surface area contributed by atoms with Crippen molar-refractivity contribution >= 4 is 34.4 Å². The van der Waals surface area contributed by atoms with Crippen molar-refractivity contribution < 1.29 is 9.59 Å². The highest BCUT2D eigenvalue weighted by atomic mass is 35.5. The van der Waals surface area contributed by atoms with Gasteiger partial charge in [0.15, 0.2) is 0 Å². The van der Waals surface area contributed by atoms with Gasteiger partial charge in [-0.05, 0) is 67.5 Å². The molecule has 7 nitrogen and oxygen atoms in total. The molecule has 3 fully saturated rings. The third kappa shape index (κ3) is 3.96. The van der Waals surface area contributed by atoms with Gasteiger partial charge in [0.25, 0.3) is 5.91 Å². The molecule has 2 amide bonds. The molecule has 0 unspecified atom stereocenters. The normalized spacial score (nSPS) is 26.7. The van der Waals surface area contributed by atoms with Crippen LogP contribution in [0.4, 0.5) is 0 Å². The number of carbonyl (C=O) groups is 2. The summed E-state index contributed by atoms with van der Waals surface area (Å²) in [7, 11) is 0. The van der Waals surface area contributed by atoms with E-state index in [1.165, 1.54) is 5.56 Å². The maximum atomic E-state index is 13.3. The first-order valence-corrected chi connectivity index (χ1v) is 12.6. The molecule has 2 saturated heterocycles. The van der Waals surface area contributed by atoms with E-state index in [1.54, 1.807) is 6.07 Å². The number of carbonyl (C=O) groups excluding carboxylic acids is 2. The van der Waals surface area contributed by atoms with Gasteiger partial charge in [0.2, 0.25) is 5.91 Å². The van der Waals surface area contributed by atoms with E-state index in [2.05, 4.69) is 32.4 Å². The number of hydrogen-bond acceptors (Lipinski definition) is 4. The minimum Gasteiger partial charge on any atom is -0.342 e. The highest BCUT2D eigenvalue weighted by Gasteiger charge is 2.44. The molecule has 0 spiro atoms. The van der Waals surface area contributed by atoms with Crippen LogP contribution in [0.1, 0.15) is 47.5 Å². The number of halogens is 1. The topological polar surface area (TPSA) is 82.2 Å². The van der Waals surface area contributed by atoms with E-state index in [1.807, 2.05) is 29.2 Å². The number of benzene rings is 2. The fourth-order valence-electron chi connectivity index (χ4n) is 6.16. The average Bonchev–Trinajstić information content (AvgIpc) is 3.58. The second-order valence-corrected chi connectivity index (χ2v) is 10.6. The second kappa shape index (κ2) is 8.69. The zero-order valence-electron chi connectivity index (χ0n) is 19.0. The molecular weight excluding hydrogens is 450 g/mol. The summed E-state index contributed by atoms with van der Waals surface area (Å²) in [6.07, 6.45) is 4.01. The summed E-state index contributed by atoms with van der Waals surface area (Å²) in [5.74, 6) is 1.75. The van der Waals surface area contributed by atoms with Gasteiger partial charge in [-0.3, -0.25) is 14.7 Å². The first-order valence-electron chi connectivity index (χ1n) is 12.2. The van der Waals surface area contributed by atoms with Crippen molar-refractivity contribution in [1.29, 1.82) is 0 Å². The molecule has 2 aliphatic heterocycles. The van der Waals surface area contributed by atoms with Crippen LogP contribution in [0.3, 0.4) is 0 Å². The molecule has 3 aromatic rings. The maximum absolute atomic E-state index is 13.3. The Kier molecular flexibility index (Phi) is 5.52. The first kappa shape index (κ1) is 21.6. The fraction of sp³-hybridized carbons (Fsp3) is 0.462. The first-order chi connectivity index (χ1) is 16.5. The fourth-order valence-corrected chi connectivity index (χ4v) is 6.29. The van der Waals surface area contributed by atoms with Crippen LogP contribution in [0, 0.1) is 17.8 Å². The molecule has 176 valence electrons. The molecule has 34 heavy (non-hydrogen) atoms. The Balaban J connectivity index is 1.03. The van der Waals surface area contributed by atoms with Gasteiger partial charge in [-0.2, -0.15) is 0 Å². The van der Waals surface area contributed by atoms with Crippen LogP contribution in [0.2, 0.25) is 5.02 Å².